The van der Waals surface area contributed by atoms with Crippen molar-refractivity contribution in [2.75, 3.05) is 26.7 Å². The number of carbonyl (C=O) groups is 1. The molecular weight excluding hydrogens is 578 g/mol. The van der Waals surface area contributed by atoms with Crippen molar-refractivity contribution in [1.29, 1.82) is 0 Å². The average Bonchev–Trinajstić information content (AvgIpc) is 3.40. The second-order valence-corrected chi connectivity index (χ2v) is 13.1. The third-order valence-corrected chi connectivity index (χ3v) is 10.2. The minimum Gasteiger partial charge on any atom is -0.472 e. The van der Waals surface area contributed by atoms with E-state index >= 15 is 0 Å². The Bertz CT molecular complexity index is 1750. The molecule has 0 saturated carbocycles. The van der Waals surface area contributed by atoms with Crippen LogP contribution in [0.4, 0.5) is 0 Å². The number of ether oxygens (including phenoxy) is 1. The summed E-state index contributed by atoms with van der Waals surface area (Å²) < 4.78 is 37.0. The van der Waals surface area contributed by atoms with Gasteiger partial charge in [-0.05, 0) is 80.3 Å². The third kappa shape index (κ3) is 6.33. The summed E-state index contributed by atoms with van der Waals surface area (Å²) in [6.45, 7) is 10.3. The van der Waals surface area contributed by atoms with Gasteiger partial charge in [0.05, 0.1) is 12.1 Å². The topological polar surface area (TPSA) is 131 Å². The van der Waals surface area contributed by atoms with Gasteiger partial charge in [0.25, 0.3) is 0 Å². The summed E-state index contributed by atoms with van der Waals surface area (Å²) in [5, 5.41) is 14.8. The molecule has 0 aliphatic carbocycles. The van der Waals surface area contributed by atoms with Gasteiger partial charge in [-0.25, -0.2) is 18.1 Å². The van der Waals surface area contributed by atoms with E-state index < -0.39 is 10.0 Å². The lowest BCUT2D eigenvalue weighted by Crippen LogP contribution is -2.36. The summed E-state index contributed by atoms with van der Waals surface area (Å²) >= 11 is 0. The van der Waals surface area contributed by atoms with Gasteiger partial charge in [0, 0.05) is 44.7 Å². The number of nitrogens with one attached hydrogen (secondary N) is 2. The quantitative estimate of drug-likeness (QED) is 0.243. The number of likely N-dealkylation sites (N-methyl/N-ethyl adjacent to an activating group) is 1. The Morgan fingerprint density at radius 3 is 2.70 bits per heavy atom. The molecule has 1 aliphatic rings. The predicted molar refractivity (Wildman–Crippen MR) is 169 cm³/mol. The van der Waals surface area contributed by atoms with E-state index in [1.807, 2.05) is 63.7 Å². The van der Waals surface area contributed by atoms with E-state index in [2.05, 4.69) is 32.0 Å². The highest BCUT2D eigenvalue weighted by atomic mass is 32.2. The standard InChI is InChI=1S/C32H41N7O4S/c1-6-25-20-38(44(41,42)29-9-8-14-35-32(29)43-25)19-24-17-23(11-10-21(24)3)27(18-30(40)34-16-15-33-5)26-12-13-28-31(22(26)4)36-37-39(28)7-2/h8-14,17,25,27,33H,6-7,15-16,18-20H2,1-5H3,(H,34,40)/t25-,27?/m1/s1. The summed E-state index contributed by atoms with van der Waals surface area (Å²) in [7, 11) is -2.02. The molecule has 0 saturated heterocycles. The lowest BCUT2D eigenvalue weighted by atomic mass is 9.84. The van der Waals surface area contributed by atoms with Crippen molar-refractivity contribution in [2.24, 2.45) is 0 Å². The number of hydrogen-bond acceptors (Lipinski definition) is 8. The number of aromatic nitrogens is 4. The van der Waals surface area contributed by atoms with Crippen LogP contribution >= 0.6 is 0 Å². The molecule has 44 heavy (non-hydrogen) atoms. The smallest absolute Gasteiger partial charge is 0.248 e. The SMILES string of the molecule is CC[C@@H]1CN(Cc2cc(C(CC(=O)NCCNC)c3ccc4c(nnn4CC)c3C)ccc2C)S(=O)(=O)c2cccnc2O1. The van der Waals surface area contributed by atoms with Gasteiger partial charge >= 0.3 is 0 Å². The maximum absolute atomic E-state index is 13.8. The number of nitrogens with zero attached hydrogens (tertiary/aromatic N) is 5. The lowest BCUT2D eigenvalue weighted by Gasteiger charge is -2.25. The molecule has 2 aromatic carbocycles. The molecule has 234 valence electrons. The highest BCUT2D eigenvalue weighted by Crippen LogP contribution is 2.36. The van der Waals surface area contributed by atoms with Crippen LogP contribution in [0.5, 0.6) is 5.88 Å². The van der Waals surface area contributed by atoms with Gasteiger partial charge in [-0.1, -0.05) is 36.4 Å². The molecule has 4 aromatic rings. The molecule has 2 aromatic heterocycles. The normalized spacial score (nSPS) is 17.1. The summed E-state index contributed by atoms with van der Waals surface area (Å²) in [4.78, 5) is 17.5. The Balaban J connectivity index is 1.54. The molecular formula is C32H41N7O4S. The average molecular weight is 620 g/mol. The number of amides is 1. The van der Waals surface area contributed by atoms with Crippen molar-refractivity contribution < 1.29 is 17.9 Å². The highest BCUT2D eigenvalue weighted by molar-refractivity contribution is 7.89. The first-order valence-corrected chi connectivity index (χ1v) is 16.6. The Labute approximate surface area is 259 Å². The first-order valence-electron chi connectivity index (χ1n) is 15.1. The number of rotatable bonds is 11. The molecule has 1 unspecified atom stereocenters. The molecule has 0 fully saturated rings. The van der Waals surface area contributed by atoms with Crippen LogP contribution < -0.4 is 15.4 Å². The number of carbonyl (C=O) groups excluding carboxylic acids is 1. The Morgan fingerprint density at radius 1 is 1.14 bits per heavy atom. The van der Waals surface area contributed by atoms with Crippen LogP contribution in [0.1, 0.15) is 60.4 Å². The number of pyridine rings is 1. The molecule has 2 atom stereocenters. The van der Waals surface area contributed by atoms with Crippen LogP contribution in [0.2, 0.25) is 0 Å². The van der Waals surface area contributed by atoms with Gasteiger partial charge in [0.2, 0.25) is 21.8 Å². The predicted octanol–water partition coefficient (Wildman–Crippen LogP) is 3.68. The minimum atomic E-state index is -3.87. The van der Waals surface area contributed by atoms with Gasteiger partial charge in [-0.2, -0.15) is 4.31 Å². The zero-order valence-corrected chi connectivity index (χ0v) is 26.8. The van der Waals surface area contributed by atoms with Crippen molar-refractivity contribution in [3.8, 4) is 5.88 Å². The van der Waals surface area contributed by atoms with Crippen LogP contribution in [0.3, 0.4) is 0 Å². The second kappa shape index (κ2) is 13.4. The first-order chi connectivity index (χ1) is 21.2. The lowest BCUT2D eigenvalue weighted by molar-refractivity contribution is -0.121. The van der Waals surface area contributed by atoms with Gasteiger partial charge in [-0.15, -0.1) is 5.10 Å². The third-order valence-electron chi connectivity index (χ3n) is 8.36. The zero-order valence-electron chi connectivity index (χ0n) is 26.0. The van der Waals surface area contributed by atoms with Crippen LogP contribution in [0.15, 0.2) is 53.6 Å². The molecule has 3 heterocycles. The zero-order chi connectivity index (χ0) is 31.4. The van der Waals surface area contributed by atoms with E-state index in [0.717, 1.165) is 38.9 Å². The van der Waals surface area contributed by atoms with E-state index in [1.165, 1.54) is 4.31 Å². The van der Waals surface area contributed by atoms with Gasteiger partial charge in [0.15, 0.2) is 0 Å². The Kier molecular flexibility index (Phi) is 9.62. The monoisotopic (exact) mass is 619 g/mol. The molecule has 1 amide bonds. The van der Waals surface area contributed by atoms with Crippen molar-refractivity contribution in [1.82, 2.24) is 34.9 Å². The van der Waals surface area contributed by atoms with E-state index in [0.29, 0.717) is 26.1 Å². The van der Waals surface area contributed by atoms with Crippen molar-refractivity contribution >= 4 is 27.0 Å². The number of hydrogen-bond donors (Lipinski definition) is 2. The second-order valence-electron chi connectivity index (χ2n) is 11.2. The molecule has 0 radical (unpaired) electrons. The maximum atomic E-state index is 13.8. The molecule has 5 rings (SSSR count). The van der Waals surface area contributed by atoms with Crippen LogP contribution in [-0.4, -0.2) is 71.4 Å². The van der Waals surface area contributed by atoms with Crippen LogP contribution in [-0.2, 0) is 27.9 Å². The number of benzene rings is 2. The van der Waals surface area contributed by atoms with E-state index in [1.54, 1.807) is 18.3 Å². The van der Waals surface area contributed by atoms with Crippen LogP contribution in [0.25, 0.3) is 11.0 Å². The van der Waals surface area contributed by atoms with Crippen molar-refractivity contribution in [2.45, 2.75) is 70.5 Å². The van der Waals surface area contributed by atoms with E-state index in [-0.39, 0.29) is 48.2 Å². The fraction of sp³-hybridized carbons (Fsp3) is 0.438. The summed E-state index contributed by atoms with van der Waals surface area (Å²) in [5.41, 5.74) is 6.47. The first kappa shape index (κ1) is 31.6. The molecule has 12 heteroatoms. The minimum absolute atomic E-state index is 0.0637. The van der Waals surface area contributed by atoms with Gasteiger partial charge < -0.3 is 15.4 Å². The molecule has 0 bridgehead atoms. The molecule has 2 N–H and O–H groups in total. The number of sulfonamides is 1. The summed E-state index contributed by atoms with van der Waals surface area (Å²) in [6.07, 6.45) is 2.08. The van der Waals surface area contributed by atoms with E-state index in [4.69, 9.17) is 4.74 Å². The fourth-order valence-electron chi connectivity index (χ4n) is 5.74. The molecule has 1 aliphatic heterocycles. The van der Waals surface area contributed by atoms with Crippen molar-refractivity contribution in [3.63, 3.8) is 0 Å². The largest absolute Gasteiger partial charge is 0.472 e. The summed E-state index contributed by atoms with van der Waals surface area (Å²) in [6, 6.07) is 13.3. The Hall–Kier alpha value is -3.87. The van der Waals surface area contributed by atoms with E-state index in [9.17, 15) is 13.2 Å². The molecule has 0 spiro atoms. The van der Waals surface area contributed by atoms with Crippen molar-refractivity contribution in [3.05, 3.63) is 76.5 Å². The van der Waals surface area contributed by atoms with Gasteiger partial charge in [0.1, 0.15) is 16.5 Å². The Morgan fingerprint density at radius 2 is 1.95 bits per heavy atom. The van der Waals surface area contributed by atoms with Crippen LogP contribution in [0, 0.1) is 13.8 Å². The number of aryl methyl sites for hydroxylation is 3. The number of fused-ring (bicyclic) bond motifs is 2. The molecule has 11 nitrogen and oxygen atoms in total. The van der Waals surface area contributed by atoms with Gasteiger partial charge in [-0.3, -0.25) is 4.79 Å². The highest BCUT2D eigenvalue weighted by Gasteiger charge is 2.35. The maximum Gasteiger partial charge on any atom is 0.248 e. The fourth-order valence-corrected chi connectivity index (χ4v) is 7.26. The summed E-state index contributed by atoms with van der Waals surface area (Å²) in [5.74, 6) is -0.203.